The number of amides is 1. The van der Waals surface area contributed by atoms with Gasteiger partial charge < -0.3 is 19.5 Å². The number of carbonyl (C=O) groups is 1. The van der Waals surface area contributed by atoms with Gasteiger partial charge in [-0.3, -0.25) is 4.79 Å². The molecular weight excluding hydrogens is 457 g/mol. The van der Waals surface area contributed by atoms with Gasteiger partial charge in [0, 0.05) is 24.9 Å². The number of ether oxygens (including phenoxy) is 1. The van der Waals surface area contributed by atoms with Gasteiger partial charge in [0.25, 0.3) is 0 Å². The van der Waals surface area contributed by atoms with E-state index >= 15 is 0 Å². The number of rotatable bonds is 4. The molecule has 1 amide bonds. The Hall–Kier alpha value is -3.59. The lowest BCUT2D eigenvalue weighted by Gasteiger charge is -2.45. The zero-order chi connectivity index (χ0) is 24.7. The van der Waals surface area contributed by atoms with E-state index in [0.717, 1.165) is 29.1 Å². The first-order valence-electron chi connectivity index (χ1n) is 11.4. The number of nitrogens with one attached hydrogen (secondary N) is 1. The lowest BCUT2D eigenvalue weighted by Crippen LogP contribution is -2.57. The fraction of sp³-hybridized carbons (Fsp3) is 0.308. The van der Waals surface area contributed by atoms with Crippen molar-refractivity contribution >= 4 is 12.0 Å². The second-order valence-electron chi connectivity index (χ2n) is 8.86. The van der Waals surface area contributed by atoms with Crippen molar-refractivity contribution in [3.8, 4) is 11.4 Å². The third-order valence-corrected chi connectivity index (χ3v) is 6.65. The maximum Gasteiger partial charge on any atom is 0.250 e. The van der Waals surface area contributed by atoms with Crippen molar-refractivity contribution in [1.82, 2.24) is 19.8 Å². The van der Waals surface area contributed by atoms with Gasteiger partial charge in [-0.05, 0) is 61.2 Å². The molecule has 6 nitrogen and oxygen atoms in total. The van der Waals surface area contributed by atoms with Gasteiger partial charge in [-0.25, -0.2) is 18.2 Å². The summed E-state index contributed by atoms with van der Waals surface area (Å²) in [4.78, 5) is 19.4. The second kappa shape index (κ2) is 9.22. The topological polar surface area (TPSA) is 59.4 Å². The highest BCUT2D eigenvalue weighted by molar-refractivity contribution is 5.99. The van der Waals surface area contributed by atoms with E-state index in [1.54, 1.807) is 18.3 Å². The molecule has 2 fully saturated rings. The van der Waals surface area contributed by atoms with Gasteiger partial charge in [0.15, 0.2) is 17.5 Å². The molecule has 0 bridgehead atoms. The Kier molecular flexibility index (Phi) is 6.10. The molecule has 1 N–H and O–H groups in total. The summed E-state index contributed by atoms with van der Waals surface area (Å²) in [6, 6.07) is 6.97. The first-order chi connectivity index (χ1) is 16.9. The molecule has 2 atom stereocenters. The molecule has 2 aromatic carbocycles. The maximum absolute atomic E-state index is 13.9. The predicted molar refractivity (Wildman–Crippen MR) is 125 cm³/mol. The van der Waals surface area contributed by atoms with E-state index in [1.165, 1.54) is 0 Å². The van der Waals surface area contributed by atoms with Crippen molar-refractivity contribution in [2.24, 2.45) is 0 Å². The van der Waals surface area contributed by atoms with E-state index in [2.05, 4.69) is 10.3 Å². The summed E-state index contributed by atoms with van der Waals surface area (Å²) in [5.41, 5.74) is 3.52. The Morgan fingerprint density at radius 1 is 1.17 bits per heavy atom. The van der Waals surface area contributed by atoms with Crippen molar-refractivity contribution in [1.29, 1.82) is 0 Å². The summed E-state index contributed by atoms with van der Waals surface area (Å²) in [6.45, 7) is 2.85. The molecule has 3 aromatic rings. The molecule has 1 aromatic heterocycles. The molecule has 0 saturated carbocycles. The van der Waals surface area contributed by atoms with Crippen LogP contribution >= 0.6 is 0 Å². The van der Waals surface area contributed by atoms with Crippen LogP contribution in [-0.2, 0) is 4.79 Å². The molecule has 0 spiro atoms. The van der Waals surface area contributed by atoms with Crippen LogP contribution in [0.1, 0.15) is 35.7 Å². The maximum atomic E-state index is 13.9. The number of nitrogens with zero attached hydrogens (tertiary/aromatic N) is 3. The summed E-state index contributed by atoms with van der Waals surface area (Å²) in [6.07, 6.45) is 6.60. The van der Waals surface area contributed by atoms with Gasteiger partial charge in [0.1, 0.15) is 5.75 Å². The first-order valence-corrected chi connectivity index (χ1v) is 11.4. The largest absolute Gasteiger partial charge is 0.495 e. The third-order valence-electron chi connectivity index (χ3n) is 6.65. The smallest absolute Gasteiger partial charge is 0.250 e. The van der Waals surface area contributed by atoms with Crippen LogP contribution in [0.25, 0.3) is 11.8 Å². The van der Waals surface area contributed by atoms with Crippen molar-refractivity contribution < 1.29 is 22.7 Å². The summed E-state index contributed by atoms with van der Waals surface area (Å²) >= 11 is 0. The van der Waals surface area contributed by atoms with Gasteiger partial charge >= 0.3 is 0 Å². The summed E-state index contributed by atoms with van der Waals surface area (Å²) in [5.74, 6) is -3.41. The third kappa shape index (κ3) is 4.32. The van der Waals surface area contributed by atoms with Crippen LogP contribution in [0.3, 0.4) is 0 Å². The standard InChI is InChI=1S/C26H25F3N4O2/c1-15-13-32(14-31-15)21-5-3-16(10-23(21)35-2)9-17-4-6-22-25(30-7-8-33(22)26(17)34)18-11-19(27)24(29)20(28)12-18/h3,5,9-14,22,25,30H,4,6-8H2,1-2H3/t22-,25?/m1/s1. The summed E-state index contributed by atoms with van der Waals surface area (Å²) in [5, 5.41) is 3.24. The molecule has 2 aliphatic rings. The Morgan fingerprint density at radius 3 is 2.63 bits per heavy atom. The molecule has 35 heavy (non-hydrogen) atoms. The highest BCUT2D eigenvalue weighted by atomic mass is 19.2. The molecule has 0 radical (unpaired) electrons. The zero-order valence-corrected chi connectivity index (χ0v) is 19.4. The highest BCUT2D eigenvalue weighted by Gasteiger charge is 2.39. The fourth-order valence-corrected chi connectivity index (χ4v) is 4.97. The molecule has 1 unspecified atom stereocenters. The number of aromatic nitrogens is 2. The van der Waals surface area contributed by atoms with Crippen LogP contribution in [0.15, 0.2) is 48.4 Å². The predicted octanol–water partition coefficient (Wildman–Crippen LogP) is 4.33. The molecule has 182 valence electrons. The van der Waals surface area contributed by atoms with E-state index in [1.807, 2.05) is 42.0 Å². The van der Waals surface area contributed by atoms with Crippen LogP contribution < -0.4 is 10.1 Å². The van der Waals surface area contributed by atoms with Gasteiger partial charge in [0.05, 0.1) is 36.9 Å². The number of aryl methyl sites for hydroxylation is 1. The van der Waals surface area contributed by atoms with Crippen LogP contribution in [0, 0.1) is 24.4 Å². The average Bonchev–Trinajstić information content (AvgIpc) is 3.29. The number of imidazole rings is 1. The number of hydrogen-bond donors (Lipinski definition) is 1. The van der Waals surface area contributed by atoms with E-state index in [0.29, 0.717) is 42.8 Å². The molecule has 2 saturated heterocycles. The number of hydrogen-bond acceptors (Lipinski definition) is 4. The normalized spacial score (nSPS) is 21.3. The van der Waals surface area contributed by atoms with E-state index in [9.17, 15) is 18.0 Å². The van der Waals surface area contributed by atoms with Crippen molar-refractivity contribution in [2.75, 3.05) is 20.2 Å². The number of piperidine rings is 1. The second-order valence-corrected chi connectivity index (χ2v) is 8.86. The number of halogens is 3. The fourth-order valence-electron chi connectivity index (χ4n) is 4.97. The van der Waals surface area contributed by atoms with Crippen molar-refractivity contribution in [3.63, 3.8) is 0 Å². The monoisotopic (exact) mass is 482 g/mol. The van der Waals surface area contributed by atoms with Crippen LogP contribution in [-0.4, -0.2) is 46.6 Å². The number of benzene rings is 2. The van der Waals surface area contributed by atoms with E-state index < -0.39 is 23.5 Å². The van der Waals surface area contributed by atoms with Gasteiger partial charge in [0.2, 0.25) is 5.91 Å². The zero-order valence-electron chi connectivity index (χ0n) is 19.4. The first kappa shape index (κ1) is 23.2. The average molecular weight is 483 g/mol. The molecule has 9 heteroatoms. The molecular formula is C26H25F3N4O2. The van der Waals surface area contributed by atoms with Crippen LogP contribution in [0.2, 0.25) is 0 Å². The molecule has 3 heterocycles. The van der Waals surface area contributed by atoms with Crippen LogP contribution in [0.5, 0.6) is 5.75 Å². The van der Waals surface area contributed by atoms with Gasteiger partial charge in [-0.15, -0.1) is 0 Å². The highest BCUT2D eigenvalue weighted by Crippen LogP contribution is 2.35. The summed E-state index contributed by atoms with van der Waals surface area (Å²) < 4.78 is 48.6. The lowest BCUT2D eigenvalue weighted by atomic mass is 9.86. The number of fused-ring (bicyclic) bond motifs is 1. The SMILES string of the molecule is COc1cc(C=C2CC[C@@H]3C(c4cc(F)c(F)c(F)c4)NCCN3C2=O)ccc1-n1cnc(C)c1. The lowest BCUT2D eigenvalue weighted by molar-refractivity contribution is -0.133. The molecule has 2 aliphatic heterocycles. The van der Waals surface area contributed by atoms with Gasteiger partial charge in [-0.1, -0.05) is 6.07 Å². The number of methoxy groups -OCH3 is 1. The minimum Gasteiger partial charge on any atom is -0.495 e. The Balaban J connectivity index is 1.40. The molecule has 0 aliphatic carbocycles. The summed E-state index contributed by atoms with van der Waals surface area (Å²) in [7, 11) is 1.60. The van der Waals surface area contributed by atoms with Gasteiger partial charge in [-0.2, -0.15) is 0 Å². The van der Waals surface area contributed by atoms with Crippen LogP contribution in [0.4, 0.5) is 13.2 Å². The quantitative estimate of drug-likeness (QED) is 0.445. The molecule has 5 rings (SSSR count). The number of piperazine rings is 1. The minimum absolute atomic E-state index is 0.107. The van der Waals surface area contributed by atoms with Crippen molar-refractivity contribution in [2.45, 2.75) is 31.8 Å². The Morgan fingerprint density at radius 2 is 1.94 bits per heavy atom. The van der Waals surface area contributed by atoms with E-state index in [-0.39, 0.29) is 11.9 Å². The van der Waals surface area contributed by atoms with E-state index in [4.69, 9.17) is 4.74 Å². The number of carbonyl (C=O) groups excluding carboxylic acids is 1. The Labute approximate surface area is 201 Å². The Bertz CT molecular complexity index is 1300. The van der Waals surface area contributed by atoms with Crippen molar-refractivity contribution in [3.05, 3.63) is 82.7 Å². The minimum atomic E-state index is -1.49.